The minimum Gasteiger partial charge on any atom is -0.489 e. The van der Waals surface area contributed by atoms with E-state index in [0.29, 0.717) is 44.6 Å². The fourth-order valence-electron chi connectivity index (χ4n) is 5.58. The van der Waals surface area contributed by atoms with Crippen LogP contribution >= 0.6 is 0 Å². The lowest BCUT2D eigenvalue weighted by Crippen LogP contribution is -2.47. The van der Waals surface area contributed by atoms with E-state index in [1.54, 1.807) is 30.7 Å². The van der Waals surface area contributed by atoms with Crippen LogP contribution in [0, 0.1) is 0 Å². The van der Waals surface area contributed by atoms with Gasteiger partial charge in [0, 0.05) is 37.2 Å². The Hall–Kier alpha value is -5.06. The molecular weight excluding hydrogens is 602 g/mol. The zero-order valence-electron chi connectivity index (χ0n) is 27.8. The first-order valence-corrected chi connectivity index (χ1v) is 16.6. The number of aromatic amines is 1. The van der Waals surface area contributed by atoms with Crippen molar-refractivity contribution < 1.29 is 14.3 Å². The van der Waals surface area contributed by atoms with Crippen LogP contribution in [0.3, 0.4) is 0 Å². The maximum atomic E-state index is 13.7. The average molecular weight is 648 g/mol. The molecule has 2 heterocycles. The molecular formula is C38H45N7O3. The number of fused-ring (bicyclic) bond motifs is 1. The summed E-state index contributed by atoms with van der Waals surface area (Å²) in [6.07, 6.45) is 6.43. The minimum atomic E-state index is -0.721. The molecule has 3 aromatic carbocycles. The van der Waals surface area contributed by atoms with Gasteiger partial charge < -0.3 is 31.0 Å². The Morgan fingerprint density at radius 3 is 2.42 bits per heavy atom. The topological polar surface area (TPSA) is 133 Å². The molecule has 0 bridgehead atoms. The number of hydrogen-bond donors (Lipinski definition) is 5. The van der Waals surface area contributed by atoms with Crippen LogP contribution < -0.4 is 26.0 Å². The molecule has 0 saturated heterocycles. The summed E-state index contributed by atoms with van der Waals surface area (Å²) in [7, 11) is 0. The number of nitrogens with one attached hydrogen (secondary N) is 5. The summed E-state index contributed by atoms with van der Waals surface area (Å²) in [6.45, 7) is 8.37. The van der Waals surface area contributed by atoms with Gasteiger partial charge in [0.2, 0.25) is 5.91 Å². The fraction of sp³-hybridized carbons (Fsp3) is 0.316. The first-order valence-electron chi connectivity index (χ1n) is 16.6. The Morgan fingerprint density at radius 2 is 1.62 bits per heavy atom. The summed E-state index contributed by atoms with van der Waals surface area (Å²) < 4.78 is 5.89. The smallest absolute Gasteiger partial charge is 0.251 e. The number of pyridine rings is 1. The van der Waals surface area contributed by atoms with Crippen molar-refractivity contribution in [1.82, 2.24) is 36.2 Å². The molecule has 5 aromatic rings. The highest BCUT2D eigenvalue weighted by Gasteiger charge is 2.23. The SMILES string of the molecule is CC(C)Oc1cccnc1CNCCC[C@H](NC(=O)c1ccc(CNCc2ncc[nH]2)cc1)C(=O)N[C@@H](C)c1cccc2ccccc12. The van der Waals surface area contributed by atoms with E-state index in [1.807, 2.05) is 69.3 Å². The molecule has 5 rings (SSSR count). The first kappa shape index (κ1) is 34.3. The predicted molar refractivity (Wildman–Crippen MR) is 188 cm³/mol. The van der Waals surface area contributed by atoms with Crippen LogP contribution in [-0.4, -0.2) is 45.5 Å². The molecule has 0 unspecified atom stereocenters. The van der Waals surface area contributed by atoms with Crippen molar-refractivity contribution >= 4 is 22.6 Å². The lowest BCUT2D eigenvalue weighted by Gasteiger charge is -2.23. The van der Waals surface area contributed by atoms with Crippen molar-refractivity contribution in [2.75, 3.05) is 6.54 Å². The van der Waals surface area contributed by atoms with Crippen LogP contribution in [0.5, 0.6) is 5.75 Å². The van der Waals surface area contributed by atoms with E-state index in [9.17, 15) is 9.59 Å². The number of H-pyrrole nitrogens is 1. The van der Waals surface area contributed by atoms with Gasteiger partial charge in [0.05, 0.1) is 24.4 Å². The number of hydrogen-bond acceptors (Lipinski definition) is 7. The highest BCUT2D eigenvalue weighted by Crippen LogP contribution is 2.24. The normalized spacial score (nSPS) is 12.5. The quantitative estimate of drug-likeness (QED) is 0.0833. The average Bonchev–Trinajstić information content (AvgIpc) is 3.61. The van der Waals surface area contributed by atoms with Crippen molar-refractivity contribution in [2.24, 2.45) is 0 Å². The van der Waals surface area contributed by atoms with Crippen molar-refractivity contribution in [1.29, 1.82) is 0 Å². The lowest BCUT2D eigenvalue weighted by atomic mass is 9.99. The molecule has 2 amide bonds. The number of aromatic nitrogens is 3. The summed E-state index contributed by atoms with van der Waals surface area (Å²) in [5, 5.41) is 15.1. The number of nitrogens with zero attached hydrogens (tertiary/aromatic N) is 2. The van der Waals surface area contributed by atoms with Crippen LogP contribution in [0.4, 0.5) is 0 Å². The van der Waals surface area contributed by atoms with Crippen LogP contribution in [0.2, 0.25) is 0 Å². The van der Waals surface area contributed by atoms with Gasteiger partial charge >= 0.3 is 0 Å². The summed E-state index contributed by atoms with van der Waals surface area (Å²) in [5.74, 6) is 1.10. The van der Waals surface area contributed by atoms with Crippen molar-refractivity contribution in [3.8, 4) is 5.75 Å². The molecule has 0 fully saturated rings. The zero-order chi connectivity index (χ0) is 33.7. The van der Waals surface area contributed by atoms with Gasteiger partial charge in [-0.2, -0.15) is 0 Å². The summed E-state index contributed by atoms with van der Waals surface area (Å²) in [6, 6.07) is 24.4. The van der Waals surface area contributed by atoms with E-state index in [0.717, 1.165) is 39.2 Å². The molecule has 250 valence electrons. The van der Waals surface area contributed by atoms with Gasteiger partial charge in [-0.05, 0) is 86.3 Å². The van der Waals surface area contributed by atoms with Gasteiger partial charge in [-0.15, -0.1) is 0 Å². The van der Waals surface area contributed by atoms with E-state index in [1.165, 1.54) is 0 Å². The number of rotatable bonds is 17. The highest BCUT2D eigenvalue weighted by molar-refractivity contribution is 5.97. The Bertz CT molecular complexity index is 1750. The second-order valence-corrected chi connectivity index (χ2v) is 12.1. The maximum Gasteiger partial charge on any atom is 0.251 e. The molecule has 2 aromatic heterocycles. The number of carbonyl (C=O) groups excluding carboxylic acids is 2. The van der Waals surface area contributed by atoms with E-state index in [2.05, 4.69) is 54.4 Å². The van der Waals surface area contributed by atoms with Gasteiger partial charge in [0.1, 0.15) is 17.6 Å². The van der Waals surface area contributed by atoms with Gasteiger partial charge in [0.15, 0.2) is 0 Å². The van der Waals surface area contributed by atoms with Crippen LogP contribution in [0.15, 0.2) is 97.5 Å². The van der Waals surface area contributed by atoms with Gasteiger partial charge in [-0.1, -0.05) is 54.6 Å². The highest BCUT2D eigenvalue weighted by atomic mass is 16.5. The number of carbonyl (C=O) groups is 2. The minimum absolute atomic E-state index is 0.0484. The third-order valence-corrected chi connectivity index (χ3v) is 8.01. The second-order valence-electron chi connectivity index (χ2n) is 12.1. The molecule has 48 heavy (non-hydrogen) atoms. The molecule has 0 saturated carbocycles. The molecule has 0 spiro atoms. The van der Waals surface area contributed by atoms with Crippen LogP contribution in [-0.2, 0) is 24.4 Å². The zero-order valence-corrected chi connectivity index (χ0v) is 27.8. The van der Waals surface area contributed by atoms with E-state index in [4.69, 9.17) is 4.74 Å². The summed E-state index contributed by atoms with van der Waals surface area (Å²) in [5.41, 5.74) is 3.39. The molecule has 0 radical (unpaired) electrons. The standard InChI is InChI=1S/C38H45N7O3/c1-26(2)48-35-14-8-20-41-34(35)24-39-19-7-13-33(38(47)44-27(3)31-12-6-10-29-9-4-5-11-32(29)31)45-37(46)30-17-15-28(16-18-30)23-40-25-36-42-21-22-43-36/h4-6,8-12,14-18,20-22,26-27,33,39-40H,7,13,19,23-25H2,1-3H3,(H,42,43)(H,44,47)(H,45,46)/t27-,33-/m0/s1. The van der Waals surface area contributed by atoms with E-state index in [-0.39, 0.29) is 24.0 Å². The first-order chi connectivity index (χ1) is 23.4. The van der Waals surface area contributed by atoms with Crippen molar-refractivity contribution in [3.05, 3.63) is 126 Å². The van der Waals surface area contributed by atoms with Crippen LogP contribution in [0.25, 0.3) is 10.8 Å². The van der Waals surface area contributed by atoms with Crippen LogP contribution in [0.1, 0.15) is 72.7 Å². The Labute approximate surface area is 282 Å². The Balaban J connectivity index is 1.21. The Morgan fingerprint density at radius 1 is 0.812 bits per heavy atom. The van der Waals surface area contributed by atoms with Gasteiger partial charge in [-0.25, -0.2) is 4.98 Å². The van der Waals surface area contributed by atoms with E-state index >= 15 is 0 Å². The molecule has 0 aliphatic carbocycles. The number of benzene rings is 3. The molecule has 0 aliphatic rings. The monoisotopic (exact) mass is 647 g/mol. The Kier molecular flexibility index (Phi) is 12.3. The maximum absolute atomic E-state index is 13.7. The summed E-state index contributed by atoms with van der Waals surface area (Å²) >= 11 is 0. The van der Waals surface area contributed by atoms with Crippen molar-refractivity contribution in [3.63, 3.8) is 0 Å². The largest absolute Gasteiger partial charge is 0.489 e. The van der Waals surface area contributed by atoms with Gasteiger partial charge in [-0.3, -0.25) is 14.6 Å². The molecule has 0 aliphatic heterocycles. The third-order valence-electron chi connectivity index (χ3n) is 8.01. The number of imidazole rings is 1. The fourth-order valence-corrected chi connectivity index (χ4v) is 5.58. The second kappa shape index (κ2) is 17.2. The molecule has 10 nitrogen and oxygen atoms in total. The van der Waals surface area contributed by atoms with E-state index < -0.39 is 6.04 Å². The third kappa shape index (κ3) is 9.73. The van der Waals surface area contributed by atoms with Gasteiger partial charge in [0.25, 0.3) is 5.91 Å². The molecule has 10 heteroatoms. The number of ether oxygens (including phenoxy) is 1. The predicted octanol–water partition coefficient (Wildman–Crippen LogP) is 5.58. The summed E-state index contributed by atoms with van der Waals surface area (Å²) in [4.78, 5) is 38.9. The molecule has 5 N–H and O–H groups in total. The number of amides is 2. The molecule has 2 atom stereocenters. The van der Waals surface area contributed by atoms with Crippen molar-refractivity contribution in [2.45, 2.75) is 71.4 Å². The lowest BCUT2D eigenvalue weighted by molar-refractivity contribution is -0.123.